The lowest BCUT2D eigenvalue weighted by Gasteiger charge is -2.07. The molecule has 0 aliphatic rings. The Morgan fingerprint density at radius 3 is 2.57 bits per heavy atom. The van der Waals surface area contributed by atoms with Gasteiger partial charge in [0, 0.05) is 19.9 Å². The minimum Gasteiger partial charge on any atom is -0.446 e. The predicted octanol–water partition coefficient (Wildman–Crippen LogP) is 2.26. The fourth-order valence-electron chi connectivity index (χ4n) is 1.97. The Kier molecular flexibility index (Phi) is 4.43. The first-order valence-corrected chi connectivity index (χ1v) is 7.96. The van der Waals surface area contributed by atoms with E-state index in [1.165, 1.54) is 19.1 Å². The van der Waals surface area contributed by atoms with E-state index in [9.17, 15) is 12.8 Å². The van der Waals surface area contributed by atoms with Crippen LogP contribution in [0.5, 0.6) is 0 Å². The third-order valence-electron chi connectivity index (χ3n) is 3.08. The number of nitrogens with zero attached hydrogens (tertiary/aromatic N) is 1. The van der Waals surface area contributed by atoms with E-state index >= 15 is 0 Å². The number of aryl methyl sites for hydroxylation is 3. The highest BCUT2D eigenvalue weighted by atomic mass is 32.2. The van der Waals surface area contributed by atoms with Crippen LogP contribution in [0.3, 0.4) is 0 Å². The van der Waals surface area contributed by atoms with Crippen LogP contribution in [0, 0.1) is 26.6 Å². The molecule has 0 fully saturated rings. The van der Waals surface area contributed by atoms with E-state index in [4.69, 9.17) is 4.42 Å². The molecule has 7 heteroatoms. The summed E-state index contributed by atoms with van der Waals surface area (Å²) in [6.07, 6.45) is 0.409. The van der Waals surface area contributed by atoms with E-state index < -0.39 is 15.8 Å². The molecule has 0 aliphatic carbocycles. The number of halogens is 1. The van der Waals surface area contributed by atoms with Gasteiger partial charge in [0.05, 0.1) is 10.6 Å². The number of hydrogen-bond donors (Lipinski definition) is 1. The van der Waals surface area contributed by atoms with Crippen molar-refractivity contribution in [3.8, 4) is 0 Å². The lowest BCUT2D eigenvalue weighted by atomic mass is 10.2. The van der Waals surface area contributed by atoms with Crippen LogP contribution in [0.1, 0.15) is 22.9 Å². The van der Waals surface area contributed by atoms with Gasteiger partial charge in [-0.15, -0.1) is 0 Å². The van der Waals surface area contributed by atoms with Gasteiger partial charge in [-0.25, -0.2) is 22.5 Å². The first kappa shape index (κ1) is 15.7. The van der Waals surface area contributed by atoms with Crippen molar-refractivity contribution in [3.05, 3.63) is 46.9 Å². The molecule has 2 rings (SSSR count). The molecule has 21 heavy (non-hydrogen) atoms. The standard InChI is InChI=1S/C14H17FN2O3S/c1-9-8-12(4-5-13(9)15)21(18,19)16-7-6-14-10(2)17-11(3)20-14/h4-5,8,16H,6-7H2,1-3H3. The molecule has 0 amide bonds. The van der Waals surface area contributed by atoms with E-state index in [0.29, 0.717) is 23.6 Å². The van der Waals surface area contributed by atoms with Crippen LogP contribution in [0.25, 0.3) is 0 Å². The van der Waals surface area contributed by atoms with Gasteiger partial charge in [0.1, 0.15) is 11.6 Å². The van der Waals surface area contributed by atoms with Crippen molar-refractivity contribution in [1.29, 1.82) is 0 Å². The summed E-state index contributed by atoms with van der Waals surface area (Å²) >= 11 is 0. The molecule has 0 radical (unpaired) electrons. The molecule has 1 N–H and O–H groups in total. The summed E-state index contributed by atoms with van der Waals surface area (Å²) in [5.74, 6) is 0.784. The minimum atomic E-state index is -3.65. The van der Waals surface area contributed by atoms with Gasteiger partial charge in [0.25, 0.3) is 0 Å². The quantitative estimate of drug-likeness (QED) is 0.919. The Hall–Kier alpha value is -1.73. The van der Waals surface area contributed by atoms with Crippen LogP contribution in [0.4, 0.5) is 4.39 Å². The average molecular weight is 312 g/mol. The predicted molar refractivity (Wildman–Crippen MR) is 76.0 cm³/mol. The Bertz CT molecular complexity index is 754. The van der Waals surface area contributed by atoms with Crippen molar-refractivity contribution in [3.63, 3.8) is 0 Å². The molecular weight excluding hydrogens is 295 g/mol. The van der Waals surface area contributed by atoms with Crippen molar-refractivity contribution in [2.45, 2.75) is 32.1 Å². The Labute approximate surface area is 123 Å². The molecule has 0 atom stereocenters. The van der Waals surface area contributed by atoms with E-state index in [-0.39, 0.29) is 11.4 Å². The first-order chi connectivity index (χ1) is 9.79. The highest BCUT2D eigenvalue weighted by molar-refractivity contribution is 7.89. The third kappa shape index (κ3) is 3.68. The van der Waals surface area contributed by atoms with Crippen molar-refractivity contribution in [2.75, 3.05) is 6.54 Å². The van der Waals surface area contributed by atoms with Crippen LogP contribution in [0.2, 0.25) is 0 Å². The van der Waals surface area contributed by atoms with E-state index in [0.717, 1.165) is 11.8 Å². The lowest BCUT2D eigenvalue weighted by molar-refractivity contribution is 0.472. The van der Waals surface area contributed by atoms with Gasteiger partial charge >= 0.3 is 0 Å². The Morgan fingerprint density at radius 1 is 1.29 bits per heavy atom. The molecule has 0 unspecified atom stereocenters. The maximum absolute atomic E-state index is 13.2. The van der Waals surface area contributed by atoms with E-state index in [2.05, 4.69) is 9.71 Å². The van der Waals surface area contributed by atoms with Gasteiger partial charge in [0.2, 0.25) is 10.0 Å². The summed E-state index contributed by atoms with van der Waals surface area (Å²) in [5.41, 5.74) is 1.05. The molecule has 114 valence electrons. The second-order valence-corrected chi connectivity index (χ2v) is 6.57. The van der Waals surface area contributed by atoms with E-state index in [1.807, 2.05) is 6.92 Å². The Morgan fingerprint density at radius 2 is 2.00 bits per heavy atom. The molecule has 1 heterocycles. The summed E-state index contributed by atoms with van der Waals surface area (Å²) in [5, 5.41) is 0. The zero-order valence-corrected chi connectivity index (χ0v) is 12.9. The highest BCUT2D eigenvalue weighted by Crippen LogP contribution is 2.14. The summed E-state index contributed by atoms with van der Waals surface area (Å²) < 4.78 is 45.2. The van der Waals surface area contributed by atoms with Crippen LogP contribution >= 0.6 is 0 Å². The SMILES string of the molecule is Cc1nc(C)c(CCNS(=O)(=O)c2ccc(F)c(C)c2)o1. The largest absolute Gasteiger partial charge is 0.446 e. The second kappa shape index (κ2) is 5.95. The normalized spacial score (nSPS) is 11.8. The number of sulfonamides is 1. The molecule has 5 nitrogen and oxygen atoms in total. The van der Waals surface area contributed by atoms with Crippen LogP contribution < -0.4 is 4.72 Å². The highest BCUT2D eigenvalue weighted by Gasteiger charge is 2.15. The third-order valence-corrected chi connectivity index (χ3v) is 4.54. The molecule has 0 aliphatic heterocycles. The number of rotatable bonds is 5. The molecule has 0 saturated heterocycles. The molecular formula is C14H17FN2O3S. The molecule has 1 aromatic carbocycles. The monoisotopic (exact) mass is 312 g/mol. The smallest absolute Gasteiger partial charge is 0.240 e. The lowest BCUT2D eigenvalue weighted by Crippen LogP contribution is -2.26. The minimum absolute atomic E-state index is 0.0480. The van der Waals surface area contributed by atoms with Gasteiger partial charge in [-0.3, -0.25) is 0 Å². The summed E-state index contributed by atoms with van der Waals surface area (Å²) in [4.78, 5) is 4.17. The van der Waals surface area contributed by atoms with Gasteiger partial charge in [-0.05, 0) is 37.6 Å². The van der Waals surface area contributed by atoms with Crippen LogP contribution in [0.15, 0.2) is 27.5 Å². The molecule has 1 aromatic heterocycles. The number of benzene rings is 1. The summed E-state index contributed by atoms with van der Waals surface area (Å²) in [6, 6.07) is 3.70. The van der Waals surface area contributed by atoms with Gasteiger partial charge in [-0.1, -0.05) is 0 Å². The number of nitrogens with one attached hydrogen (secondary N) is 1. The topological polar surface area (TPSA) is 72.2 Å². The van der Waals surface area contributed by atoms with Crippen molar-refractivity contribution < 1.29 is 17.2 Å². The van der Waals surface area contributed by atoms with Gasteiger partial charge in [0.15, 0.2) is 5.89 Å². The molecule has 0 spiro atoms. The van der Waals surface area contributed by atoms with E-state index in [1.54, 1.807) is 6.92 Å². The van der Waals surface area contributed by atoms with Crippen LogP contribution in [-0.2, 0) is 16.4 Å². The zero-order valence-electron chi connectivity index (χ0n) is 12.1. The number of oxazole rings is 1. The molecule has 0 bridgehead atoms. The first-order valence-electron chi connectivity index (χ1n) is 6.48. The second-order valence-electron chi connectivity index (χ2n) is 4.80. The number of hydrogen-bond acceptors (Lipinski definition) is 4. The summed E-state index contributed by atoms with van der Waals surface area (Å²) in [6.45, 7) is 5.26. The van der Waals surface area contributed by atoms with Crippen molar-refractivity contribution >= 4 is 10.0 Å². The van der Waals surface area contributed by atoms with Crippen molar-refractivity contribution in [2.24, 2.45) is 0 Å². The zero-order chi connectivity index (χ0) is 15.6. The maximum atomic E-state index is 13.2. The Balaban J connectivity index is 2.04. The fourth-order valence-corrected chi connectivity index (χ4v) is 3.09. The fraction of sp³-hybridized carbons (Fsp3) is 0.357. The van der Waals surface area contributed by atoms with Crippen molar-refractivity contribution in [1.82, 2.24) is 9.71 Å². The molecule has 2 aromatic rings. The summed E-state index contributed by atoms with van der Waals surface area (Å²) in [7, 11) is -3.65. The number of aromatic nitrogens is 1. The maximum Gasteiger partial charge on any atom is 0.240 e. The average Bonchev–Trinajstić information content (AvgIpc) is 2.71. The van der Waals surface area contributed by atoms with Gasteiger partial charge in [-0.2, -0.15) is 0 Å². The van der Waals surface area contributed by atoms with Crippen LogP contribution in [-0.4, -0.2) is 19.9 Å². The molecule has 0 saturated carbocycles. The van der Waals surface area contributed by atoms with Gasteiger partial charge < -0.3 is 4.42 Å².